The molecule has 0 amide bonds. The van der Waals surface area contributed by atoms with E-state index in [0.717, 1.165) is 29.1 Å². The predicted molar refractivity (Wildman–Crippen MR) is 102 cm³/mol. The van der Waals surface area contributed by atoms with Crippen LogP contribution in [0.5, 0.6) is 0 Å². The summed E-state index contributed by atoms with van der Waals surface area (Å²) < 4.78 is 7.19. The van der Waals surface area contributed by atoms with Gasteiger partial charge in [-0.15, -0.1) is 0 Å². The summed E-state index contributed by atoms with van der Waals surface area (Å²) in [7, 11) is 3.91. The Bertz CT molecular complexity index is 1010. The molecule has 3 aromatic heterocycles. The average Bonchev–Trinajstić information content (AvgIpc) is 3.32. The Morgan fingerprint density at radius 1 is 1.04 bits per heavy atom. The Morgan fingerprint density at radius 3 is 2.59 bits per heavy atom. The zero-order valence-corrected chi connectivity index (χ0v) is 15.3. The van der Waals surface area contributed by atoms with Crippen LogP contribution in [0.25, 0.3) is 11.5 Å². The van der Waals surface area contributed by atoms with E-state index in [1.165, 1.54) is 0 Å². The number of rotatable bonds is 6. The minimum atomic E-state index is 0.481. The molecule has 7 nitrogen and oxygen atoms in total. The number of hydrogen-bond donors (Lipinski definition) is 0. The summed E-state index contributed by atoms with van der Waals surface area (Å²) in [5, 5.41) is 8.26. The highest BCUT2D eigenvalue weighted by Gasteiger charge is 2.11. The number of benzene rings is 1. The first-order chi connectivity index (χ1) is 13.2. The fourth-order valence-electron chi connectivity index (χ4n) is 2.87. The predicted octanol–water partition coefficient (Wildman–Crippen LogP) is 3.09. The largest absolute Gasteiger partial charge is 0.355 e. The van der Waals surface area contributed by atoms with Crippen molar-refractivity contribution < 1.29 is 4.52 Å². The lowest BCUT2D eigenvalue weighted by atomic mass is 10.1. The summed E-state index contributed by atoms with van der Waals surface area (Å²) in [5.74, 6) is 2.01. The Balaban J connectivity index is 1.44. The molecule has 0 saturated heterocycles. The van der Waals surface area contributed by atoms with Crippen LogP contribution < -0.4 is 4.90 Å². The van der Waals surface area contributed by atoms with Crippen molar-refractivity contribution in [2.45, 2.75) is 13.0 Å². The van der Waals surface area contributed by atoms with Gasteiger partial charge in [-0.25, -0.2) is 4.98 Å². The van der Waals surface area contributed by atoms with Gasteiger partial charge in [-0.1, -0.05) is 35.5 Å². The molecule has 0 unspecified atom stereocenters. The van der Waals surface area contributed by atoms with Crippen molar-refractivity contribution in [1.29, 1.82) is 0 Å². The summed E-state index contributed by atoms with van der Waals surface area (Å²) in [5.41, 5.74) is 3.09. The van der Waals surface area contributed by atoms with E-state index in [2.05, 4.69) is 25.1 Å². The minimum Gasteiger partial charge on any atom is -0.355 e. The van der Waals surface area contributed by atoms with E-state index in [1.807, 2.05) is 69.0 Å². The van der Waals surface area contributed by atoms with Crippen LogP contribution in [0.1, 0.15) is 17.0 Å². The molecular weight excluding hydrogens is 340 g/mol. The van der Waals surface area contributed by atoms with Crippen LogP contribution in [0, 0.1) is 0 Å². The molecule has 27 heavy (non-hydrogen) atoms. The van der Waals surface area contributed by atoms with Crippen molar-refractivity contribution >= 4 is 5.82 Å². The fourth-order valence-corrected chi connectivity index (χ4v) is 2.87. The minimum absolute atomic E-state index is 0.481. The van der Waals surface area contributed by atoms with Gasteiger partial charge in [-0.05, 0) is 17.7 Å². The van der Waals surface area contributed by atoms with Gasteiger partial charge in [0, 0.05) is 45.0 Å². The molecule has 0 spiro atoms. The highest BCUT2D eigenvalue weighted by molar-refractivity contribution is 5.54. The highest BCUT2D eigenvalue weighted by atomic mass is 16.5. The third-order valence-electron chi connectivity index (χ3n) is 4.24. The maximum absolute atomic E-state index is 5.40. The van der Waals surface area contributed by atoms with Crippen LogP contribution in [-0.4, -0.2) is 32.0 Å². The summed E-state index contributed by atoms with van der Waals surface area (Å²) in [4.78, 5) is 11.1. The zero-order chi connectivity index (χ0) is 18.6. The van der Waals surface area contributed by atoms with Crippen molar-refractivity contribution in [3.63, 3.8) is 0 Å². The van der Waals surface area contributed by atoms with Crippen molar-refractivity contribution in [2.75, 3.05) is 11.9 Å². The maximum atomic E-state index is 5.40. The molecule has 3 heterocycles. The van der Waals surface area contributed by atoms with Crippen LogP contribution in [0.2, 0.25) is 0 Å². The van der Waals surface area contributed by atoms with Gasteiger partial charge in [-0.3, -0.25) is 4.68 Å². The molecule has 0 aliphatic heterocycles. The van der Waals surface area contributed by atoms with Gasteiger partial charge in [0.15, 0.2) is 5.82 Å². The number of pyridine rings is 1. The SMILES string of the molecule is CN(Cc1cnn(C)c1)c1ccc(-c2nc(Cc3ccccc3)no2)cn1. The topological polar surface area (TPSA) is 72.9 Å². The Morgan fingerprint density at radius 2 is 1.89 bits per heavy atom. The Labute approximate surface area is 157 Å². The van der Waals surface area contributed by atoms with E-state index in [4.69, 9.17) is 4.52 Å². The molecule has 0 saturated carbocycles. The highest BCUT2D eigenvalue weighted by Crippen LogP contribution is 2.20. The summed E-state index contributed by atoms with van der Waals surface area (Å²) in [6.45, 7) is 0.738. The molecule has 0 atom stereocenters. The molecule has 0 N–H and O–H groups in total. The van der Waals surface area contributed by atoms with Gasteiger partial charge in [0.2, 0.25) is 0 Å². The molecule has 136 valence electrons. The quantitative estimate of drug-likeness (QED) is 0.526. The first-order valence-corrected chi connectivity index (χ1v) is 8.69. The van der Waals surface area contributed by atoms with Crippen molar-refractivity contribution in [2.24, 2.45) is 7.05 Å². The van der Waals surface area contributed by atoms with Crippen molar-refractivity contribution in [3.05, 3.63) is 78.0 Å². The molecule has 0 aliphatic carbocycles. The number of anilines is 1. The number of aromatic nitrogens is 5. The van der Waals surface area contributed by atoms with Crippen LogP contribution in [0.15, 0.2) is 65.6 Å². The van der Waals surface area contributed by atoms with Gasteiger partial charge in [0.05, 0.1) is 11.8 Å². The first-order valence-electron chi connectivity index (χ1n) is 8.69. The standard InChI is InChI=1S/C20H20N6O/c1-25(13-16-11-22-26(2)14-16)19-9-8-17(12-21-19)20-23-18(24-27-20)10-15-6-4-3-5-7-15/h3-9,11-12,14H,10,13H2,1-2H3. The number of nitrogens with zero attached hydrogens (tertiary/aromatic N) is 6. The van der Waals surface area contributed by atoms with E-state index in [9.17, 15) is 0 Å². The molecule has 4 aromatic rings. The lowest BCUT2D eigenvalue weighted by molar-refractivity contribution is 0.424. The second-order valence-electron chi connectivity index (χ2n) is 6.46. The van der Waals surface area contributed by atoms with Gasteiger partial charge in [-0.2, -0.15) is 10.1 Å². The monoisotopic (exact) mass is 360 g/mol. The normalized spacial score (nSPS) is 10.9. The second kappa shape index (κ2) is 7.41. The van der Waals surface area contributed by atoms with Gasteiger partial charge < -0.3 is 9.42 Å². The lowest BCUT2D eigenvalue weighted by Gasteiger charge is -2.17. The average molecular weight is 360 g/mol. The third-order valence-corrected chi connectivity index (χ3v) is 4.24. The first kappa shape index (κ1) is 17.0. The van der Waals surface area contributed by atoms with Crippen molar-refractivity contribution in [1.82, 2.24) is 24.9 Å². The van der Waals surface area contributed by atoms with Crippen molar-refractivity contribution in [3.8, 4) is 11.5 Å². The van der Waals surface area contributed by atoms with E-state index >= 15 is 0 Å². The molecule has 1 aromatic carbocycles. The molecular formula is C20H20N6O. The van der Waals surface area contributed by atoms with Crippen LogP contribution >= 0.6 is 0 Å². The molecule has 0 radical (unpaired) electrons. The van der Waals surface area contributed by atoms with Gasteiger partial charge in [0.25, 0.3) is 5.89 Å². The molecule has 0 bridgehead atoms. The molecule has 0 fully saturated rings. The van der Waals surface area contributed by atoms with Crippen LogP contribution in [0.3, 0.4) is 0 Å². The Hall–Kier alpha value is -3.48. The third kappa shape index (κ3) is 4.03. The summed E-state index contributed by atoms with van der Waals surface area (Å²) in [6, 6.07) is 14.0. The lowest BCUT2D eigenvalue weighted by Crippen LogP contribution is -2.17. The van der Waals surface area contributed by atoms with E-state index in [-0.39, 0.29) is 0 Å². The molecule has 4 rings (SSSR count). The van der Waals surface area contributed by atoms with E-state index < -0.39 is 0 Å². The zero-order valence-electron chi connectivity index (χ0n) is 15.3. The smallest absolute Gasteiger partial charge is 0.259 e. The van der Waals surface area contributed by atoms with E-state index in [0.29, 0.717) is 18.1 Å². The Kier molecular flexibility index (Phi) is 4.65. The molecule has 0 aliphatic rings. The van der Waals surface area contributed by atoms with Crippen LogP contribution in [-0.2, 0) is 20.0 Å². The number of hydrogen-bond acceptors (Lipinski definition) is 6. The number of aryl methyl sites for hydroxylation is 1. The van der Waals surface area contributed by atoms with Crippen LogP contribution in [0.4, 0.5) is 5.82 Å². The molecule has 7 heteroatoms. The van der Waals surface area contributed by atoms with Gasteiger partial charge in [0.1, 0.15) is 5.82 Å². The van der Waals surface area contributed by atoms with Gasteiger partial charge >= 0.3 is 0 Å². The van der Waals surface area contributed by atoms with E-state index in [1.54, 1.807) is 10.9 Å². The second-order valence-corrected chi connectivity index (χ2v) is 6.46. The fraction of sp³-hybridized carbons (Fsp3) is 0.200. The summed E-state index contributed by atoms with van der Waals surface area (Å²) in [6.07, 6.45) is 6.26. The summed E-state index contributed by atoms with van der Waals surface area (Å²) >= 11 is 0. The maximum Gasteiger partial charge on any atom is 0.259 e.